The highest BCUT2D eigenvalue weighted by atomic mass is 32.1. The van der Waals surface area contributed by atoms with E-state index < -0.39 is 0 Å². The topological polar surface area (TPSA) is 56.3 Å². The molecule has 1 atom stereocenters. The number of piperidine rings is 1. The van der Waals surface area contributed by atoms with Gasteiger partial charge in [-0.15, -0.1) is 0 Å². The summed E-state index contributed by atoms with van der Waals surface area (Å²) in [5.74, 6) is 3.33. The summed E-state index contributed by atoms with van der Waals surface area (Å²) in [7, 11) is 0. The van der Waals surface area contributed by atoms with Crippen LogP contribution in [0.15, 0.2) is 6.07 Å². The zero-order valence-electron chi connectivity index (χ0n) is 14.7. The van der Waals surface area contributed by atoms with Crippen LogP contribution in [-0.4, -0.2) is 47.8 Å². The van der Waals surface area contributed by atoms with Crippen LogP contribution >= 0.6 is 12.2 Å². The van der Waals surface area contributed by atoms with Crippen LogP contribution in [0.25, 0.3) is 0 Å². The van der Waals surface area contributed by atoms with Crippen LogP contribution in [0.5, 0.6) is 0 Å². The van der Waals surface area contributed by atoms with E-state index in [4.69, 9.17) is 22.2 Å². The lowest BCUT2D eigenvalue weighted by Gasteiger charge is -2.32. The molecule has 132 valence electrons. The van der Waals surface area contributed by atoms with Gasteiger partial charge in [0.1, 0.15) is 11.6 Å². The highest BCUT2D eigenvalue weighted by molar-refractivity contribution is 7.80. The predicted molar refractivity (Wildman–Crippen MR) is 104 cm³/mol. The number of nitrogens with one attached hydrogen (secondary N) is 2. The number of anilines is 3. The first kappa shape index (κ1) is 17.2. The van der Waals surface area contributed by atoms with E-state index in [2.05, 4.69) is 33.4 Å². The van der Waals surface area contributed by atoms with E-state index in [1.54, 1.807) is 0 Å². The SMILES string of the molecule is CCNC(=S)Nc1nc(N2CCCC2)cc(N2CCCC(C)C2)n1. The molecular weight excluding hydrogens is 320 g/mol. The van der Waals surface area contributed by atoms with E-state index in [1.807, 2.05) is 6.92 Å². The molecule has 1 aromatic rings. The highest BCUT2D eigenvalue weighted by Crippen LogP contribution is 2.27. The minimum Gasteiger partial charge on any atom is -0.363 e. The normalized spacial score (nSPS) is 21.0. The van der Waals surface area contributed by atoms with Gasteiger partial charge in [0.15, 0.2) is 5.11 Å². The minimum atomic E-state index is 0.578. The van der Waals surface area contributed by atoms with Gasteiger partial charge < -0.3 is 20.4 Å². The summed E-state index contributed by atoms with van der Waals surface area (Å²) in [4.78, 5) is 14.2. The quantitative estimate of drug-likeness (QED) is 0.811. The fourth-order valence-electron chi connectivity index (χ4n) is 3.45. The maximum Gasteiger partial charge on any atom is 0.232 e. The van der Waals surface area contributed by atoms with Crippen LogP contribution in [0.4, 0.5) is 17.6 Å². The lowest BCUT2D eigenvalue weighted by molar-refractivity contribution is 0.444. The molecule has 7 heteroatoms. The maximum atomic E-state index is 5.30. The van der Waals surface area contributed by atoms with Crippen molar-refractivity contribution in [3.63, 3.8) is 0 Å². The van der Waals surface area contributed by atoms with Gasteiger partial charge >= 0.3 is 0 Å². The molecule has 0 saturated carbocycles. The third kappa shape index (κ3) is 4.26. The summed E-state index contributed by atoms with van der Waals surface area (Å²) in [5, 5.41) is 6.82. The summed E-state index contributed by atoms with van der Waals surface area (Å²) >= 11 is 5.30. The Balaban J connectivity index is 1.85. The molecule has 2 aliphatic heterocycles. The third-order valence-corrected chi connectivity index (χ3v) is 4.92. The van der Waals surface area contributed by atoms with Gasteiger partial charge in [-0.1, -0.05) is 6.92 Å². The fourth-order valence-corrected chi connectivity index (χ4v) is 3.69. The first-order chi connectivity index (χ1) is 11.7. The molecule has 6 nitrogen and oxygen atoms in total. The largest absolute Gasteiger partial charge is 0.363 e. The molecule has 0 aromatic carbocycles. The van der Waals surface area contributed by atoms with Gasteiger partial charge in [-0.2, -0.15) is 9.97 Å². The van der Waals surface area contributed by atoms with Crippen LogP contribution in [0.2, 0.25) is 0 Å². The van der Waals surface area contributed by atoms with Crippen molar-refractivity contribution in [3.8, 4) is 0 Å². The van der Waals surface area contributed by atoms with Gasteiger partial charge in [0.25, 0.3) is 0 Å². The Kier molecular flexibility index (Phi) is 5.71. The third-order valence-electron chi connectivity index (χ3n) is 4.67. The molecule has 24 heavy (non-hydrogen) atoms. The Morgan fingerprint density at radius 1 is 1.17 bits per heavy atom. The van der Waals surface area contributed by atoms with Gasteiger partial charge in [0.2, 0.25) is 5.95 Å². The molecule has 2 fully saturated rings. The zero-order chi connectivity index (χ0) is 16.9. The average molecular weight is 349 g/mol. The second kappa shape index (κ2) is 7.96. The van der Waals surface area contributed by atoms with Gasteiger partial charge in [-0.05, 0) is 50.7 Å². The second-order valence-electron chi connectivity index (χ2n) is 6.78. The maximum absolute atomic E-state index is 5.30. The molecule has 2 aliphatic rings. The van der Waals surface area contributed by atoms with Crippen molar-refractivity contribution in [1.29, 1.82) is 0 Å². The number of aromatic nitrogens is 2. The standard InChI is InChI=1S/C17H28N6S/c1-3-18-17(24)21-16-19-14(22-8-4-5-9-22)11-15(20-16)23-10-6-7-13(2)12-23/h11,13H,3-10,12H2,1-2H3,(H2,18,19,20,21,24). The molecule has 0 radical (unpaired) electrons. The van der Waals surface area contributed by atoms with Gasteiger partial charge in [0.05, 0.1) is 0 Å². The molecule has 0 bridgehead atoms. The number of hydrogen-bond acceptors (Lipinski definition) is 5. The predicted octanol–water partition coefficient (Wildman–Crippen LogP) is 2.62. The van der Waals surface area contributed by atoms with Crippen molar-refractivity contribution in [2.75, 3.05) is 47.8 Å². The Labute approximate surface area is 150 Å². The van der Waals surface area contributed by atoms with E-state index in [0.29, 0.717) is 17.0 Å². The smallest absolute Gasteiger partial charge is 0.232 e. The molecule has 3 heterocycles. The minimum absolute atomic E-state index is 0.578. The Morgan fingerprint density at radius 3 is 2.50 bits per heavy atom. The van der Waals surface area contributed by atoms with Gasteiger partial charge in [0, 0.05) is 38.8 Å². The Hall–Kier alpha value is -1.63. The van der Waals surface area contributed by atoms with E-state index in [0.717, 1.165) is 44.4 Å². The molecule has 2 N–H and O–H groups in total. The highest BCUT2D eigenvalue weighted by Gasteiger charge is 2.21. The van der Waals surface area contributed by atoms with Crippen molar-refractivity contribution >= 4 is 34.9 Å². The fraction of sp³-hybridized carbons (Fsp3) is 0.706. The summed E-state index contributed by atoms with van der Waals surface area (Å²) in [6.45, 7) is 9.40. The Morgan fingerprint density at radius 2 is 1.83 bits per heavy atom. The van der Waals surface area contributed by atoms with Crippen LogP contribution < -0.4 is 20.4 Å². The van der Waals surface area contributed by atoms with Gasteiger partial charge in [-0.3, -0.25) is 0 Å². The molecule has 1 unspecified atom stereocenters. The Bertz CT molecular complexity index is 572. The number of nitrogens with zero attached hydrogens (tertiary/aromatic N) is 4. The van der Waals surface area contributed by atoms with E-state index in [-0.39, 0.29) is 0 Å². The molecular formula is C17H28N6S. The van der Waals surface area contributed by atoms with Crippen LogP contribution in [0.3, 0.4) is 0 Å². The molecule has 0 spiro atoms. The van der Waals surface area contributed by atoms with Crippen molar-refractivity contribution < 1.29 is 0 Å². The first-order valence-corrected chi connectivity index (χ1v) is 9.50. The number of hydrogen-bond donors (Lipinski definition) is 2. The lowest BCUT2D eigenvalue weighted by Crippen LogP contribution is -2.35. The molecule has 2 saturated heterocycles. The van der Waals surface area contributed by atoms with E-state index in [9.17, 15) is 0 Å². The molecule has 1 aromatic heterocycles. The van der Waals surface area contributed by atoms with E-state index >= 15 is 0 Å². The summed E-state index contributed by atoms with van der Waals surface area (Å²) in [6.07, 6.45) is 5.00. The van der Waals surface area contributed by atoms with Crippen LogP contribution in [0, 0.1) is 5.92 Å². The summed E-state index contributed by atoms with van der Waals surface area (Å²) in [5.41, 5.74) is 0. The molecule has 3 rings (SSSR count). The summed E-state index contributed by atoms with van der Waals surface area (Å²) in [6, 6.07) is 2.14. The number of thiocarbonyl (C=S) groups is 1. The van der Waals surface area contributed by atoms with Crippen molar-refractivity contribution in [3.05, 3.63) is 6.07 Å². The van der Waals surface area contributed by atoms with Crippen molar-refractivity contribution in [1.82, 2.24) is 15.3 Å². The van der Waals surface area contributed by atoms with Crippen molar-refractivity contribution in [2.45, 2.75) is 39.5 Å². The van der Waals surface area contributed by atoms with Crippen LogP contribution in [0.1, 0.15) is 39.5 Å². The number of rotatable bonds is 4. The first-order valence-electron chi connectivity index (χ1n) is 9.09. The van der Waals surface area contributed by atoms with E-state index in [1.165, 1.54) is 25.7 Å². The second-order valence-corrected chi connectivity index (χ2v) is 7.19. The van der Waals surface area contributed by atoms with Gasteiger partial charge in [-0.25, -0.2) is 0 Å². The monoisotopic (exact) mass is 348 g/mol. The summed E-state index contributed by atoms with van der Waals surface area (Å²) < 4.78 is 0. The lowest BCUT2D eigenvalue weighted by atomic mass is 10.0. The molecule has 0 amide bonds. The molecule has 0 aliphatic carbocycles. The van der Waals surface area contributed by atoms with Crippen LogP contribution in [-0.2, 0) is 0 Å². The zero-order valence-corrected chi connectivity index (χ0v) is 15.5. The average Bonchev–Trinajstić information content (AvgIpc) is 3.09. The van der Waals surface area contributed by atoms with Crippen molar-refractivity contribution in [2.24, 2.45) is 5.92 Å².